The Morgan fingerprint density at radius 3 is 2.60 bits per heavy atom. The molecule has 0 fully saturated rings. The van der Waals surface area contributed by atoms with Gasteiger partial charge in [-0.1, -0.05) is 6.07 Å². The van der Waals surface area contributed by atoms with Crippen molar-refractivity contribution < 1.29 is 28.0 Å². The summed E-state index contributed by atoms with van der Waals surface area (Å²) < 4.78 is 40.4. The number of hydrazone groups is 1. The molecular weight excluding hydrogens is 298 g/mol. The van der Waals surface area contributed by atoms with Crippen LogP contribution in [0.5, 0.6) is 5.75 Å². The molecule has 0 unspecified atom stereocenters. The molecule has 0 heterocycles. The van der Waals surface area contributed by atoms with E-state index in [1.807, 2.05) is 0 Å². The summed E-state index contributed by atoms with van der Waals surface area (Å²) in [5.41, 5.74) is 7.07. The van der Waals surface area contributed by atoms with Crippen molar-refractivity contribution in [2.45, 2.75) is 6.36 Å². The number of nitrogens with zero attached hydrogens (tertiary/aromatic N) is 1. The number of halogens is 3. The molecule has 1 aromatic rings. The Morgan fingerprint density at radius 1 is 1.45 bits per heavy atom. The highest BCUT2D eigenvalue weighted by atomic mass is 32.1. The highest BCUT2D eigenvalue weighted by molar-refractivity contribution is 7.80. The third-order valence-corrected chi connectivity index (χ3v) is 2.03. The van der Waals surface area contributed by atoms with Crippen molar-refractivity contribution in [2.24, 2.45) is 10.8 Å². The molecule has 0 aromatic heterocycles. The molecule has 1 aromatic carbocycles. The summed E-state index contributed by atoms with van der Waals surface area (Å²) in [5.74, 6) is -0.560. The average Bonchev–Trinajstić information content (AvgIpc) is 2.28. The van der Waals surface area contributed by atoms with Crippen molar-refractivity contribution in [1.29, 1.82) is 0 Å². The predicted molar refractivity (Wildman–Crippen MR) is 70.5 cm³/mol. The summed E-state index contributed by atoms with van der Waals surface area (Å²) in [6, 6.07) is 3.07. The number of hydrogen-bond donors (Lipinski definition) is 4. The van der Waals surface area contributed by atoms with Gasteiger partial charge in [-0.3, -0.25) is 5.43 Å². The first-order valence-corrected chi connectivity index (χ1v) is 5.44. The second-order valence-corrected chi connectivity index (χ2v) is 3.89. The molecule has 0 spiro atoms. The molecule has 11 heteroatoms. The molecule has 6 nitrogen and oxygen atoms in total. The Hall–Kier alpha value is -1.85. The van der Waals surface area contributed by atoms with E-state index in [2.05, 4.69) is 27.5 Å². The fourth-order valence-corrected chi connectivity index (χ4v) is 1.26. The van der Waals surface area contributed by atoms with Crippen molar-refractivity contribution in [3.63, 3.8) is 0 Å². The van der Waals surface area contributed by atoms with Crippen molar-refractivity contribution in [3.05, 3.63) is 23.8 Å². The van der Waals surface area contributed by atoms with Crippen LogP contribution >= 0.6 is 12.2 Å². The molecule has 108 valence electrons. The van der Waals surface area contributed by atoms with Gasteiger partial charge in [-0.15, -0.1) is 13.2 Å². The summed E-state index contributed by atoms with van der Waals surface area (Å²) in [5, 5.41) is 21.3. The molecule has 0 radical (unpaired) electrons. The van der Waals surface area contributed by atoms with E-state index in [0.29, 0.717) is 0 Å². The van der Waals surface area contributed by atoms with Crippen molar-refractivity contribution in [1.82, 2.24) is 5.43 Å². The summed E-state index contributed by atoms with van der Waals surface area (Å²) in [6.07, 6.45) is -3.94. The second kappa shape index (κ2) is 6.54. The molecular formula is C9H9BF3N3O3S. The van der Waals surface area contributed by atoms with Crippen LogP contribution in [0.4, 0.5) is 13.2 Å². The van der Waals surface area contributed by atoms with Crippen LogP contribution in [0.3, 0.4) is 0 Å². The first-order chi connectivity index (χ1) is 9.19. The average molecular weight is 307 g/mol. The van der Waals surface area contributed by atoms with Gasteiger partial charge in [0.05, 0.1) is 6.21 Å². The number of alkyl halides is 3. The monoisotopic (exact) mass is 307 g/mol. The molecule has 0 aliphatic carbocycles. The molecule has 20 heavy (non-hydrogen) atoms. The van der Waals surface area contributed by atoms with Crippen LogP contribution in [-0.4, -0.2) is 34.9 Å². The van der Waals surface area contributed by atoms with E-state index < -0.39 is 19.2 Å². The molecule has 0 saturated carbocycles. The maximum absolute atomic E-state index is 12.2. The molecule has 0 aliphatic rings. The minimum Gasteiger partial charge on any atom is -0.423 e. The van der Waals surface area contributed by atoms with Crippen LogP contribution in [-0.2, 0) is 0 Å². The van der Waals surface area contributed by atoms with Gasteiger partial charge >= 0.3 is 13.5 Å². The number of rotatable bonds is 4. The molecule has 0 atom stereocenters. The van der Waals surface area contributed by atoms with Crippen LogP contribution in [0, 0.1) is 0 Å². The minimum atomic E-state index is -4.89. The lowest BCUT2D eigenvalue weighted by Gasteiger charge is -2.12. The van der Waals surface area contributed by atoms with Gasteiger partial charge in [-0.05, 0) is 29.8 Å². The number of thiocarbonyl (C=S) groups is 1. The summed E-state index contributed by atoms with van der Waals surface area (Å²) in [7, 11) is -1.84. The van der Waals surface area contributed by atoms with Gasteiger partial charge in [0.15, 0.2) is 5.11 Å². The van der Waals surface area contributed by atoms with E-state index in [-0.39, 0.29) is 16.1 Å². The van der Waals surface area contributed by atoms with Gasteiger partial charge in [0.2, 0.25) is 0 Å². The Kier molecular flexibility index (Phi) is 5.30. The second-order valence-electron chi connectivity index (χ2n) is 3.45. The summed E-state index contributed by atoms with van der Waals surface area (Å²) in [6.45, 7) is 0. The third-order valence-electron chi connectivity index (χ3n) is 1.94. The van der Waals surface area contributed by atoms with Crippen LogP contribution in [0.2, 0.25) is 0 Å². The maximum atomic E-state index is 12.2. The van der Waals surface area contributed by atoms with Gasteiger partial charge in [0, 0.05) is 5.56 Å². The van der Waals surface area contributed by atoms with Gasteiger partial charge in [-0.2, -0.15) is 5.10 Å². The normalized spacial score (nSPS) is 11.4. The fourth-order valence-electron chi connectivity index (χ4n) is 1.21. The summed E-state index contributed by atoms with van der Waals surface area (Å²) >= 11 is 4.46. The minimum absolute atomic E-state index is 0.0312. The zero-order valence-electron chi connectivity index (χ0n) is 9.76. The van der Waals surface area contributed by atoms with Gasteiger partial charge in [0.1, 0.15) is 5.75 Å². The molecule has 0 saturated heterocycles. The highest BCUT2D eigenvalue weighted by Crippen LogP contribution is 2.24. The Morgan fingerprint density at radius 2 is 2.10 bits per heavy atom. The van der Waals surface area contributed by atoms with E-state index in [1.54, 1.807) is 0 Å². The molecule has 0 aliphatic heterocycles. The van der Waals surface area contributed by atoms with Crippen LogP contribution < -0.4 is 21.4 Å². The van der Waals surface area contributed by atoms with Gasteiger partial charge in [-0.25, -0.2) is 0 Å². The lowest BCUT2D eigenvalue weighted by atomic mass is 9.79. The molecule has 0 bridgehead atoms. The molecule has 0 amide bonds. The van der Waals surface area contributed by atoms with E-state index >= 15 is 0 Å². The maximum Gasteiger partial charge on any atom is 0.573 e. The number of nitrogens with one attached hydrogen (secondary N) is 1. The summed E-state index contributed by atoms with van der Waals surface area (Å²) in [4.78, 5) is 0. The fraction of sp³-hybridized carbons (Fsp3) is 0.111. The van der Waals surface area contributed by atoms with Crippen molar-refractivity contribution in [2.75, 3.05) is 0 Å². The number of hydrogen-bond acceptors (Lipinski definition) is 5. The van der Waals surface area contributed by atoms with Crippen LogP contribution in [0.1, 0.15) is 5.56 Å². The largest absolute Gasteiger partial charge is 0.573 e. The lowest BCUT2D eigenvalue weighted by Crippen LogP contribution is -2.30. The van der Waals surface area contributed by atoms with Crippen LogP contribution in [0.15, 0.2) is 23.3 Å². The van der Waals surface area contributed by atoms with E-state index in [0.717, 1.165) is 24.4 Å². The van der Waals surface area contributed by atoms with E-state index in [1.165, 1.54) is 0 Å². The number of nitrogens with two attached hydrogens (primary N) is 1. The molecule has 5 N–H and O–H groups in total. The topological polar surface area (TPSA) is 100 Å². The van der Waals surface area contributed by atoms with Crippen molar-refractivity contribution >= 4 is 36.1 Å². The van der Waals surface area contributed by atoms with E-state index in [4.69, 9.17) is 15.8 Å². The van der Waals surface area contributed by atoms with Crippen LogP contribution in [0.25, 0.3) is 0 Å². The highest BCUT2D eigenvalue weighted by Gasteiger charge is 2.32. The van der Waals surface area contributed by atoms with E-state index in [9.17, 15) is 13.2 Å². The predicted octanol–water partition coefficient (Wildman–Crippen LogP) is -0.568. The number of ether oxygens (including phenoxy) is 1. The Balaban J connectivity index is 3.09. The van der Waals surface area contributed by atoms with Gasteiger partial charge < -0.3 is 20.5 Å². The quantitative estimate of drug-likeness (QED) is 0.257. The standard InChI is InChI=1S/C9H9BF3N3O3S/c11-9(12,13)19-7-2-1-6(10(17)18)3-5(7)4-15-16-8(14)20/h1-4,17-18H,(H3,14,16,20). The SMILES string of the molecule is NC(=S)NN=Cc1cc(B(O)O)ccc1OC(F)(F)F. The Labute approximate surface area is 117 Å². The third kappa shape index (κ3) is 5.42. The van der Waals surface area contributed by atoms with Crippen molar-refractivity contribution in [3.8, 4) is 5.75 Å². The first-order valence-electron chi connectivity index (χ1n) is 5.03. The lowest BCUT2D eigenvalue weighted by molar-refractivity contribution is -0.274. The zero-order valence-corrected chi connectivity index (χ0v) is 10.6. The zero-order chi connectivity index (χ0) is 15.3. The van der Waals surface area contributed by atoms with Gasteiger partial charge in [0.25, 0.3) is 0 Å². The Bertz CT molecular complexity index is 525. The smallest absolute Gasteiger partial charge is 0.423 e. The first kappa shape index (κ1) is 16.2. The molecule has 1 rings (SSSR count). The number of benzene rings is 1.